The van der Waals surface area contributed by atoms with Crippen LogP contribution in [0.3, 0.4) is 0 Å². The van der Waals surface area contributed by atoms with Crippen molar-refractivity contribution in [2.45, 2.75) is 31.9 Å². The lowest BCUT2D eigenvalue weighted by molar-refractivity contribution is 0.408. The molecule has 1 aliphatic rings. The molecule has 1 rings (SSSR count). The summed E-state index contributed by atoms with van der Waals surface area (Å²) in [4.78, 5) is 6.73. The first-order chi connectivity index (χ1) is 7.31. The maximum atomic E-state index is 4.34. The molecule has 0 aromatic carbocycles. The molecule has 1 saturated heterocycles. The van der Waals surface area contributed by atoms with Crippen LogP contribution in [0.15, 0.2) is 4.99 Å². The minimum absolute atomic E-state index is 0.777. The molecular formula is C11H23N3S. The van der Waals surface area contributed by atoms with E-state index in [2.05, 4.69) is 40.8 Å². The summed E-state index contributed by atoms with van der Waals surface area (Å²) in [5.41, 5.74) is 0. The van der Waals surface area contributed by atoms with Crippen LogP contribution < -0.4 is 5.32 Å². The molecule has 0 radical (unpaired) electrons. The molecule has 88 valence electrons. The van der Waals surface area contributed by atoms with Crippen LogP contribution in [0.25, 0.3) is 0 Å². The Hall–Kier alpha value is -0.380. The van der Waals surface area contributed by atoms with E-state index in [4.69, 9.17) is 0 Å². The Bertz CT molecular complexity index is 206. The summed E-state index contributed by atoms with van der Waals surface area (Å²) >= 11 is 2.09. The van der Waals surface area contributed by atoms with Crippen LogP contribution in [-0.2, 0) is 0 Å². The zero-order chi connectivity index (χ0) is 11.1. The Balaban J connectivity index is 2.45. The number of rotatable bonds is 3. The van der Waals surface area contributed by atoms with Crippen molar-refractivity contribution in [2.24, 2.45) is 4.99 Å². The second-order valence-corrected chi connectivity index (χ2v) is 5.23. The summed E-state index contributed by atoms with van der Waals surface area (Å²) in [5.74, 6) is 2.31. The van der Waals surface area contributed by atoms with Gasteiger partial charge in [0, 0.05) is 37.7 Å². The van der Waals surface area contributed by atoms with Crippen molar-refractivity contribution in [2.75, 3.05) is 32.4 Å². The number of nitrogens with one attached hydrogen (secondary N) is 1. The third kappa shape index (κ3) is 3.93. The minimum atomic E-state index is 0.777. The van der Waals surface area contributed by atoms with Crippen LogP contribution in [0.1, 0.15) is 26.7 Å². The van der Waals surface area contributed by atoms with E-state index in [9.17, 15) is 0 Å². The maximum Gasteiger partial charge on any atom is 0.193 e. The Morgan fingerprint density at radius 3 is 2.93 bits per heavy atom. The third-order valence-electron chi connectivity index (χ3n) is 2.64. The molecule has 0 aromatic rings. The standard InChI is InChI=1S/C11H23N3S/c1-4-6-13-11(12-3)14-7-8-15-10(5-2)9-14/h10H,4-9H2,1-3H3,(H,12,13). The molecule has 1 heterocycles. The number of aliphatic imine (C=N–C) groups is 1. The number of thioether (sulfide) groups is 1. The number of hydrogen-bond acceptors (Lipinski definition) is 2. The van der Waals surface area contributed by atoms with Gasteiger partial charge in [-0.3, -0.25) is 4.99 Å². The first kappa shape index (κ1) is 12.7. The van der Waals surface area contributed by atoms with E-state index in [0.717, 1.165) is 37.3 Å². The van der Waals surface area contributed by atoms with Crippen molar-refractivity contribution in [3.05, 3.63) is 0 Å². The first-order valence-corrected chi connectivity index (χ1v) is 6.93. The number of hydrogen-bond donors (Lipinski definition) is 1. The highest BCUT2D eigenvalue weighted by Crippen LogP contribution is 2.20. The first-order valence-electron chi connectivity index (χ1n) is 5.89. The van der Waals surface area contributed by atoms with Gasteiger partial charge in [0.15, 0.2) is 5.96 Å². The van der Waals surface area contributed by atoms with Gasteiger partial charge in [-0.25, -0.2) is 0 Å². The van der Waals surface area contributed by atoms with E-state index in [1.807, 2.05) is 7.05 Å². The van der Waals surface area contributed by atoms with Crippen LogP contribution >= 0.6 is 11.8 Å². The summed E-state index contributed by atoms with van der Waals surface area (Å²) in [7, 11) is 1.88. The SMILES string of the molecule is CCCNC(=NC)N1CCSC(CC)C1. The van der Waals surface area contributed by atoms with Crippen LogP contribution in [0.5, 0.6) is 0 Å². The van der Waals surface area contributed by atoms with Gasteiger partial charge in [-0.2, -0.15) is 11.8 Å². The van der Waals surface area contributed by atoms with E-state index >= 15 is 0 Å². The molecule has 1 fully saturated rings. The van der Waals surface area contributed by atoms with E-state index in [-0.39, 0.29) is 0 Å². The Kier molecular flexibility index (Phi) is 5.91. The molecule has 0 spiro atoms. The molecule has 0 aliphatic carbocycles. The van der Waals surface area contributed by atoms with Crippen LogP contribution in [0, 0.1) is 0 Å². The van der Waals surface area contributed by atoms with Gasteiger partial charge in [0.1, 0.15) is 0 Å². The monoisotopic (exact) mass is 229 g/mol. The second-order valence-electron chi connectivity index (χ2n) is 3.82. The lowest BCUT2D eigenvalue weighted by Gasteiger charge is -2.34. The summed E-state index contributed by atoms with van der Waals surface area (Å²) in [6.07, 6.45) is 2.41. The van der Waals surface area contributed by atoms with E-state index in [1.54, 1.807) is 0 Å². The zero-order valence-corrected chi connectivity index (χ0v) is 10.9. The molecule has 0 bridgehead atoms. The normalized spacial score (nSPS) is 23.0. The molecule has 4 heteroatoms. The summed E-state index contributed by atoms with van der Waals surface area (Å²) in [6.45, 7) is 7.74. The maximum absolute atomic E-state index is 4.34. The van der Waals surface area contributed by atoms with Gasteiger partial charge in [0.2, 0.25) is 0 Å². The molecule has 3 nitrogen and oxygen atoms in total. The van der Waals surface area contributed by atoms with Crippen molar-refractivity contribution in [1.82, 2.24) is 10.2 Å². The van der Waals surface area contributed by atoms with Crippen molar-refractivity contribution in [3.8, 4) is 0 Å². The fourth-order valence-electron chi connectivity index (χ4n) is 1.73. The predicted molar refractivity (Wildman–Crippen MR) is 69.8 cm³/mol. The van der Waals surface area contributed by atoms with E-state index in [1.165, 1.54) is 12.2 Å². The van der Waals surface area contributed by atoms with E-state index < -0.39 is 0 Å². The van der Waals surface area contributed by atoms with Crippen molar-refractivity contribution in [3.63, 3.8) is 0 Å². The van der Waals surface area contributed by atoms with Crippen LogP contribution in [0.2, 0.25) is 0 Å². The van der Waals surface area contributed by atoms with Crippen LogP contribution in [0.4, 0.5) is 0 Å². The van der Waals surface area contributed by atoms with Gasteiger partial charge >= 0.3 is 0 Å². The topological polar surface area (TPSA) is 27.6 Å². The lowest BCUT2D eigenvalue weighted by Crippen LogP contribution is -2.48. The minimum Gasteiger partial charge on any atom is -0.356 e. The molecule has 0 saturated carbocycles. The molecule has 1 aliphatic heterocycles. The van der Waals surface area contributed by atoms with Crippen molar-refractivity contribution < 1.29 is 0 Å². The molecule has 1 N–H and O–H groups in total. The second kappa shape index (κ2) is 6.99. The average molecular weight is 229 g/mol. The van der Waals surface area contributed by atoms with E-state index in [0.29, 0.717) is 0 Å². The molecule has 1 atom stereocenters. The van der Waals surface area contributed by atoms with Crippen molar-refractivity contribution >= 4 is 17.7 Å². The molecule has 15 heavy (non-hydrogen) atoms. The highest BCUT2D eigenvalue weighted by molar-refractivity contribution is 8.00. The quantitative estimate of drug-likeness (QED) is 0.591. The predicted octanol–water partition coefficient (Wildman–Crippen LogP) is 1.80. The number of guanidine groups is 1. The van der Waals surface area contributed by atoms with Crippen LogP contribution in [-0.4, -0.2) is 48.5 Å². The Morgan fingerprint density at radius 1 is 1.53 bits per heavy atom. The highest BCUT2D eigenvalue weighted by Gasteiger charge is 2.20. The highest BCUT2D eigenvalue weighted by atomic mass is 32.2. The van der Waals surface area contributed by atoms with Gasteiger partial charge in [-0.15, -0.1) is 0 Å². The van der Waals surface area contributed by atoms with Gasteiger partial charge in [-0.1, -0.05) is 13.8 Å². The Labute approximate surface area is 97.7 Å². The molecule has 1 unspecified atom stereocenters. The summed E-state index contributed by atoms with van der Waals surface area (Å²) in [5, 5.41) is 4.18. The largest absolute Gasteiger partial charge is 0.356 e. The fourth-order valence-corrected chi connectivity index (χ4v) is 2.91. The average Bonchev–Trinajstić information content (AvgIpc) is 2.30. The third-order valence-corrected chi connectivity index (χ3v) is 4.01. The lowest BCUT2D eigenvalue weighted by atomic mass is 10.3. The molecule has 0 amide bonds. The van der Waals surface area contributed by atoms with Crippen molar-refractivity contribution in [1.29, 1.82) is 0 Å². The van der Waals surface area contributed by atoms with Gasteiger partial charge in [0.05, 0.1) is 0 Å². The smallest absolute Gasteiger partial charge is 0.193 e. The Morgan fingerprint density at radius 2 is 2.33 bits per heavy atom. The summed E-state index contributed by atoms with van der Waals surface area (Å²) in [6, 6.07) is 0. The zero-order valence-electron chi connectivity index (χ0n) is 10.1. The van der Waals surface area contributed by atoms with Gasteiger partial charge < -0.3 is 10.2 Å². The molecular weight excluding hydrogens is 206 g/mol. The fraction of sp³-hybridized carbons (Fsp3) is 0.909. The number of nitrogens with zero attached hydrogens (tertiary/aromatic N) is 2. The van der Waals surface area contributed by atoms with Gasteiger partial charge in [-0.05, 0) is 12.8 Å². The van der Waals surface area contributed by atoms with Gasteiger partial charge in [0.25, 0.3) is 0 Å². The molecule has 0 aromatic heterocycles. The summed E-state index contributed by atoms with van der Waals surface area (Å²) < 4.78 is 0.